The summed E-state index contributed by atoms with van der Waals surface area (Å²) in [5.74, 6) is 0.689. The van der Waals surface area contributed by atoms with E-state index in [1.807, 2.05) is 49.4 Å². The molecule has 0 saturated heterocycles. The molecule has 0 spiro atoms. The third-order valence-electron chi connectivity index (χ3n) is 4.66. The topological polar surface area (TPSA) is 50.2 Å². The van der Waals surface area contributed by atoms with Gasteiger partial charge in [0.25, 0.3) is 0 Å². The van der Waals surface area contributed by atoms with Crippen LogP contribution in [0.25, 0.3) is 11.0 Å². The molecule has 4 aromatic rings. The van der Waals surface area contributed by atoms with Gasteiger partial charge >= 0.3 is 0 Å². The number of fused-ring (bicyclic) bond motifs is 1. The van der Waals surface area contributed by atoms with Crippen LogP contribution in [0.15, 0.2) is 84.0 Å². The Morgan fingerprint density at radius 3 is 2.18 bits per heavy atom. The minimum Gasteiger partial charge on any atom is -0.260 e. The summed E-state index contributed by atoms with van der Waals surface area (Å²) in [6, 6.07) is 26.5. The second kappa shape index (κ2) is 8.01. The molecule has 0 bridgehead atoms. The molecule has 4 heteroatoms. The van der Waals surface area contributed by atoms with Crippen molar-refractivity contribution in [3.63, 3.8) is 0 Å². The lowest BCUT2D eigenvalue weighted by Gasteiger charge is -2.10. The van der Waals surface area contributed by atoms with Crippen molar-refractivity contribution in [1.29, 1.82) is 0 Å². The molecule has 1 N–H and O–H groups in total. The van der Waals surface area contributed by atoms with Gasteiger partial charge in [-0.25, -0.2) is 9.97 Å². The summed E-state index contributed by atoms with van der Waals surface area (Å²) in [5, 5.41) is 4.57. The maximum absolute atomic E-state index is 4.84. The first-order chi connectivity index (χ1) is 13.7. The lowest BCUT2D eigenvalue weighted by atomic mass is 10.1. The highest BCUT2D eigenvalue weighted by molar-refractivity contribution is 5.99. The van der Waals surface area contributed by atoms with Gasteiger partial charge in [-0.1, -0.05) is 72.3 Å². The number of para-hydroxylation sites is 2. The Hall–Kier alpha value is -3.53. The summed E-state index contributed by atoms with van der Waals surface area (Å²) in [7, 11) is 0. The van der Waals surface area contributed by atoms with Crippen molar-refractivity contribution >= 4 is 22.6 Å². The zero-order valence-corrected chi connectivity index (χ0v) is 16.1. The second-order valence-electron chi connectivity index (χ2n) is 6.85. The maximum Gasteiger partial charge on any atom is 0.169 e. The second-order valence-corrected chi connectivity index (χ2v) is 6.85. The van der Waals surface area contributed by atoms with Crippen molar-refractivity contribution in [3.8, 4) is 0 Å². The Kier molecular flexibility index (Phi) is 5.11. The average molecular weight is 366 g/mol. The predicted octanol–water partition coefficient (Wildman–Crippen LogP) is 5.37. The van der Waals surface area contributed by atoms with E-state index in [1.54, 1.807) is 0 Å². The monoisotopic (exact) mass is 366 g/mol. The molecule has 0 amide bonds. The Morgan fingerprint density at radius 2 is 1.46 bits per heavy atom. The quantitative estimate of drug-likeness (QED) is 0.382. The zero-order valence-electron chi connectivity index (χ0n) is 16.1. The van der Waals surface area contributed by atoms with E-state index in [2.05, 4.69) is 53.8 Å². The Balaban J connectivity index is 1.68. The molecule has 0 aliphatic carbocycles. The molecule has 0 radical (unpaired) electrons. The first-order valence-electron chi connectivity index (χ1n) is 9.36. The molecular weight excluding hydrogens is 344 g/mol. The highest BCUT2D eigenvalue weighted by atomic mass is 15.3. The number of hydrogen-bond acceptors (Lipinski definition) is 4. The molecule has 3 aromatic carbocycles. The molecule has 1 aromatic heterocycles. The van der Waals surface area contributed by atoms with E-state index in [1.165, 1.54) is 11.1 Å². The van der Waals surface area contributed by atoms with Gasteiger partial charge in [-0.3, -0.25) is 5.43 Å². The number of hydrazone groups is 1. The van der Waals surface area contributed by atoms with Crippen LogP contribution in [0.4, 0.5) is 5.82 Å². The van der Waals surface area contributed by atoms with Crippen LogP contribution < -0.4 is 5.43 Å². The molecule has 0 aliphatic heterocycles. The van der Waals surface area contributed by atoms with E-state index in [-0.39, 0.29) is 0 Å². The van der Waals surface area contributed by atoms with Crippen LogP contribution in [-0.2, 0) is 6.42 Å². The first-order valence-corrected chi connectivity index (χ1v) is 9.36. The SMILES string of the molecule is C/C(=N\Nc1nc2ccccc2nc1Cc1ccccc1)c1ccc(C)cc1. The molecule has 138 valence electrons. The van der Waals surface area contributed by atoms with Crippen molar-refractivity contribution in [2.75, 3.05) is 5.43 Å². The van der Waals surface area contributed by atoms with Crippen molar-refractivity contribution < 1.29 is 0 Å². The number of nitrogens with zero attached hydrogens (tertiary/aromatic N) is 3. The molecule has 1 heterocycles. The van der Waals surface area contributed by atoms with Gasteiger partial charge in [0, 0.05) is 6.42 Å². The van der Waals surface area contributed by atoms with Crippen molar-refractivity contribution in [3.05, 3.63) is 101 Å². The fourth-order valence-electron chi connectivity index (χ4n) is 3.03. The number of aryl methyl sites for hydroxylation is 1. The summed E-state index contributed by atoms with van der Waals surface area (Å²) >= 11 is 0. The van der Waals surface area contributed by atoms with Crippen LogP contribution in [0, 0.1) is 6.92 Å². The van der Waals surface area contributed by atoms with E-state index in [4.69, 9.17) is 9.97 Å². The molecule has 0 unspecified atom stereocenters. The van der Waals surface area contributed by atoms with Gasteiger partial charge in [-0.05, 0) is 37.1 Å². The zero-order chi connectivity index (χ0) is 19.3. The number of nitrogens with one attached hydrogen (secondary N) is 1. The van der Waals surface area contributed by atoms with Gasteiger partial charge in [0.1, 0.15) is 0 Å². The van der Waals surface area contributed by atoms with Crippen LogP contribution in [0.1, 0.15) is 29.3 Å². The lowest BCUT2D eigenvalue weighted by molar-refractivity contribution is 1.05. The summed E-state index contributed by atoms with van der Waals surface area (Å²) in [5.41, 5.74) is 10.2. The molecule has 0 aliphatic rings. The van der Waals surface area contributed by atoms with E-state index in [0.29, 0.717) is 12.2 Å². The molecule has 28 heavy (non-hydrogen) atoms. The fraction of sp³-hybridized carbons (Fsp3) is 0.125. The normalized spacial score (nSPS) is 11.6. The van der Waals surface area contributed by atoms with Crippen molar-refractivity contribution in [2.45, 2.75) is 20.3 Å². The van der Waals surface area contributed by atoms with Gasteiger partial charge in [0.2, 0.25) is 0 Å². The standard InChI is InChI=1S/C24H22N4/c1-17-12-14-20(15-13-17)18(2)27-28-24-23(16-19-8-4-3-5-9-19)25-21-10-6-7-11-22(21)26-24/h3-15H,16H2,1-2H3,(H,26,28)/b27-18+. The smallest absolute Gasteiger partial charge is 0.169 e. The van der Waals surface area contributed by atoms with Crippen LogP contribution in [0.5, 0.6) is 0 Å². The summed E-state index contributed by atoms with van der Waals surface area (Å²) in [6.07, 6.45) is 0.695. The van der Waals surface area contributed by atoms with Crippen molar-refractivity contribution in [1.82, 2.24) is 9.97 Å². The number of rotatable bonds is 5. The third kappa shape index (κ3) is 4.07. The Labute approximate surface area is 165 Å². The van der Waals surface area contributed by atoms with Crippen LogP contribution >= 0.6 is 0 Å². The average Bonchev–Trinajstić information content (AvgIpc) is 2.73. The highest BCUT2D eigenvalue weighted by Crippen LogP contribution is 2.20. The van der Waals surface area contributed by atoms with E-state index in [9.17, 15) is 0 Å². The number of anilines is 1. The predicted molar refractivity (Wildman–Crippen MR) is 116 cm³/mol. The van der Waals surface area contributed by atoms with E-state index in [0.717, 1.165) is 28.0 Å². The number of hydrogen-bond donors (Lipinski definition) is 1. The molecule has 0 fully saturated rings. The summed E-state index contributed by atoms with van der Waals surface area (Å²) < 4.78 is 0. The van der Waals surface area contributed by atoms with Crippen LogP contribution in [-0.4, -0.2) is 15.7 Å². The third-order valence-corrected chi connectivity index (χ3v) is 4.66. The van der Waals surface area contributed by atoms with E-state index >= 15 is 0 Å². The highest BCUT2D eigenvalue weighted by Gasteiger charge is 2.10. The van der Waals surface area contributed by atoms with Crippen molar-refractivity contribution in [2.24, 2.45) is 5.10 Å². The van der Waals surface area contributed by atoms with E-state index < -0.39 is 0 Å². The van der Waals surface area contributed by atoms with Crippen LogP contribution in [0.2, 0.25) is 0 Å². The molecule has 0 atom stereocenters. The lowest BCUT2D eigenvalue weighted by Crippen LogP contribution is -2.06. The maximum atomic E-state index is 4.84. The summed E-state index contributed by atoms with van der Waals surface area (Å²) in [4.78, 5) is 9.61. The molecule has 4 rings (SSSR count). The molecule has 4 nitrogen and oxygen atoms in total. The number of aromatic nitrogens is 2. The fourth-order valence-corrected chi connectivity index (χ4v) is 3.03. The largest absolute Gasteiger partial charge is 0.260 e. The minimum atomic E-state index is 0.689. The minimum absolute atomic E-state index is 0.689. The molecular formula is C24H22N4. The van der Waals surface area contributed by atoms with Gasteiger partial charge in [-0.2, -0.15) is 5.10 Å². The van der Waals surface area contributed by atoms with Gasteiger partial charge < -0.3 is 0 Å². The number of benzene rings is 3. The molecule has 0 saturated carbocycles. The van der Waals surface area contributed by atoms with Gasteiger partial charge in [-0.15, -0.1) is 0 Å². The summed E-state index contributed by atoms with van der Waals surface area (Å²) in [6.45, 7) is 4.07. The van der Waals surface area contributed by atoms with Crippen LogP contribution in [0.3, 0.4) is 0 Å². The van der Waals surface area contributed by atoms with Gasteiger partial charge in [0.15, 0.2) is 5.82 Å². The van der Waals surface area contributed by atoms with Gasteiger partial charge in [0.05, 0.1) is 22.4 Å². The first kappa shape index (κ1) is 17.9. The Bertz CT molecular complexity index is 1120. The Morgan fingerprint density at radius 1 is 0.821 bits per heavy atom.